The molecule has 0 heterocycles. The predicted molar refractivity (Wildman–Crippen MR) is 77.3 cm³/mol. The van der Waals surface area contributed by atoms with Gasteiger partial charge in [-0.2, -0.15) is 0 Å². The van der Waals surface area contributed by atoms with Crippen molar-refractivity contribution in [1.29, 1.82) is 0 Å². The molecule has 0 saturated heterocycles. The molecule has 3 N–H and O–H groups in total. The van der Waals surface area contributed by atoms with Gasteiger partial charge in [0.25, 0.3) is 5.91 Å². The molecule has 0 aliphatic heterocycles. The minimum absolute atomic E-state index is 0.110. The Morgan fingerprint density at radius 3 is 2.79 bits per heavy atom. The average Bonchev–Trinajstić information content (AvgIpc) is 2.36. The molecule has 0 aromatic heterocycles. The molecule has 106 valence electrons. The molecule has 5 nitrogen and oxygen atoms in total. The van der Waals surface area contributed by atoms with Crippen LogP contribution in [0.5, 0.6) is 0 Å². The molecule has 5 heteroatoms. The highest BCUT2D eigenvalue weighted by atomic mass is 16.5. The van der Waals surface area contributed by atoms with Crippen LogP contribution in [0.4, 0.5) is 5.69 Å². The summed E-state index contributed by atoms with van der Waals surface area (Å²) in [6.07, 6.45) is 0. The van der Waals surface area contributed by atoms with Crippen molar-refractivity contribution >= 4 is 11.6 Å². The zero-order valence-corrected chi connectivity index (χ0v) is 11.9. The molecule has 1 aromatic rings. The number of nitrogen functional groups attached to an aromatic ring is 1. The highest BCUT2D eigenvalue weighted by Gasteiger charge is 2.08. The quantitative estimate of drug-likeness (QED) is 0.567. The summed E-state index contributed by atoms with van der Waals surface area (Å²) in [5.41, 5.74) is 7.81. The van der Waals surface area contributed by atoms with Gasteiger partial charge >= 0.3 is 0 Å². The number of benzene rings is 1. The van der Waals surface area contributed by atoms with Crippen LogP contribution in [-0.2, 0) is 4.74 Å². The molecule has 0 unspecified atom stereocenters. The summed E-state index contributed by atoms with van der Waals surface area (Å²) in [5, 5.41) is 2.82. The number of anilines is 1. The molecule has 1 aromatic carbocycles. The van der Waals surface area contributed by atoms with E-state index in [2.05, 4.69) is 10.2 Å². The second kappa shape index (κ2) is 7.76. The van der Waals surface area contributed by atoms with Crippen molar-refractivity contribution in [3.8, 4) is 0 Å². The van der Waals surface area contributed by atoms with Crippen molar-refractivity contribution in [1.82, 2.24) is 10.2 Å². The number of rotatable bonds is 7. The van der Waals surface area contributed by atoms with Crippen LogP contribution in [-0.4, -0.2) is 51.2 Å². The number of nitrogens with two attached hydrogens (primary N) is 1. The molecule has 1 rings (SSSR count). The van der Waals surface area contributed by atoms with Crippen molar-refractivity contribution in [3.63, 3.8) is 0 Å². The number of carbonyl (C=O) groups excluding carboxylic acids is 1. The van der Waals surface area contributed by atoms with Crippen LogP contribution in [0.15, 0.2) is 18.2 Å². The summed E-state index contributed by atoms with van der Waals surface area (Å²) in [5.74, 6) is -0.110. The van der Waals surface area contributed by atoms with E-state index >= 15 is 0 Å². The molecule has 0 radical (unpaired) electrons. The Bertz CT molecular complexity index is 419. The van der Waals surface area contributed by atoms with Gasteiger partial charge in [-0.25, -0.2) is 0 Å². The lowest BCUT2D eigenvalue weighted by molar-refractivity contribution is 0.0899. The van der Waals surface area contributed by atoms with Crippen molar-refractivity contribution < 1.29 is 9.53 Å². The van der Waals surface area contributed by atoms with E-state index in [4.69, 9.17) is 10.5 Å². The third-order valence-corrected chi connectivity index (χ3v) is 2.72. The van der Waals surface area contributed by atoms with Gasteiger partial charge in [-0.05, 0) is 38.7 Å². The smallest absolute Gasteiger partial charge is 0.251 e. The van der Waals surface area contributed by atoms with E-state index in [1.54, 1.807) is 12.1 Å². The fourth-order valence-corrected chi connectivity index (χ4v) is 1.57. The Kier molecular flexibility index (Phi) is 6.32. The first-order valence-electron chi connectivity index (χ1n) is 6.37. The van der Waals surface area contributed by atoms with Crippen molar-refractivity contribution in [3.05, 3.63) is 29.3 Å². The van der Waals surface area contributed by atoms with Crippen LogP contribution in [0.3, 0.4) is 0 Å². The molecule has 0 bridgehead atoms. The number of nitrogens with zero attached hydrogens (tertiary/aromatic N) is 1. The van der Waals surface area contributed by atoms with Gasteiger partial charge < -0.3 is 20.7 Å². The molecule has 0 saturated carbocycles. The van der Waals surface area contributed by atoms with Gasteiger partial charge in [0, 0.05) is 24.3 Å². The molecular formula is C14H23N3O2. The van der Waals surface area contributed by atoms with E-state index in [1.165, 1.54) is 0 Å². The molecule has 0 aliphatic rings. The van der Waals surface area contributed by atoms with E-state index in [0.717, 1.165) is 12.1 Å². The van der Waals surface area contributed by atoms with Gasteiger partial charge in [0.15, 0.2) is 0 Å². The van der Waals surface area contributed by atoms with Crippen LogP contribution in [0.25, 0.3) is 0 Å². The van der Waals surface area contributed by atoms with Crippen LogP contribution in [0, 0.1) is 6.92 Å². The van der Waals surface area contributed by atoms with Gasteiger partial charge in [0.1, 0.15) is 0 Å². The second-order valence-electron chi connectivity index (χ2n) is 4.75. The Hall–Kier alpha value is -1.59. The van der Waals surface area contributed by atoms with Crippen molar-refractivity contribution in [2.24, 2.45) is 0 Å². The number of carbonyl (C=O) groups is 1. The van der Waals surface area contributed by atoms with Crippen molar-refractivity contribution in [2.75, 3.05) is 46.1 Å². The first kappa shape index (κ1) is 15.5. The Morgan fingerprint density at radius 1 is 1.37 bits per heavy atom. The minimum Gasteiger partial charge on any atom is -0.399 e. The largest absolute Gasteiger partial charge is 0.399 e. The zero-order chi connectivity index (χ0) is 14.3. The van der Waals surface area contributed by atoms with E-state index in [0.29, 0.717) is 31.0 Å². The Morgan fingerprint density at radius 2 is 2.11 bits per heavy atom. The number of amides is 1. The maximum Gasteiger partial charge on any atom is 0.251 e. The van der Waals surface area contributed by atoms with Crippen LogP contribution >= 0.6 is 0 Å². The maximum absolute atomic E-state index is 11.9. The van der Waals surface area contributed by atoms with Gasteiger partial charge in [0.2, 0.25) is 0 Å². The summed E-state index contributed by atoms with van der Waals surface area (Å²) in [4.78, 5) is 14.0. The SMILES string of the molecule is Cc1ccc(N)cc1C(=O)NCCOCCN(C)C. The molecule has 0 atom stereocenters. The summed E-state index contributed by atoms with van der Waals surface area (Å²) in [6, 6.07) is 5.33. The average molecular weight is 265 g/mol. The van der Waals surface area contributed by atoms with Crippen LogP contribution in [0.2, 0.25) is 0 Å². The fourth-order valence-electron chi connectivity index (χ4n) is 1.57. The third kappa shape index (κ3) is 5.72. The maximum atomic E-state index is 11.9. The summed E-state index contributed by atoms with van der Waals surface area (Å²) in [6.45, 7) is 4.45. The van der Waals surface area contributed by atoms with Gasteiger partial charge in [0.05, 0.1) is 13.2 Å². The molecule has 0 fully saturated rings. The lowest BCUT2D eigenvalue weighted by Crippen LogP contribution is -2.29. The lowest BCUT2D eigenvalue weighted by atomic mass is 10.1. The summed E-state index contributed by atoms with van der Waals surface area (Å²) >= 11 is 0. The summed E-state index contributed by atoms with van der Waals surface area (Å²) in [7, 11) is 3.99. The predicted octanol–water partition coefficient (Wildman–Crippen LogP) is 0.885. The molecular weight excluding hydrogens is 242 g/mol. The normalized spacial score (nSPS) is 10.7. The molecule has 1 amide bonds. The number of nitrogens with one attached hydrogen (secondary N) is 1. The zero-order valence-electron chi connectivity index (χ0n) is 11.9. The van der Waals surface area contributed by atoms with Gasteiger partial charge in [-0.15, -0.1) is 0 Å². The van der Waals surface area contributed by atoms with Gasteiger partial charge in [-0.3, -0.25) is 4.79 Å². The highest BCUT2D eigenvalue weighted by molar-refractivity contribution is 5.96. The minimum atomic E-state index is -0.110. The first-order chi connectivity index (χ1) is 9.00. The van der Waals surface area contributed by atoms with Crippen LogP contribution in [0.1, 0.15) is 15.9 Å². The Labute approximate surface area is 114 Å². The standard InChI is InChI=1S/C14H23N3O2/c1-11-4-5-12(15)10-13(11)14(18)16-6-8-19-9-7-17(2)3/h4-5,10H,6-9,15H2,1-3H3,(H,16,18). The number of hydrogen-bond acceptors (Lipinski definition) is 4. The topological polar surface area (TPSA) is 67.6 Å². The lowest BCUT2D eigenvalue weighted by Gasteiger charge is -2.11. The Balaban J connectivity index is 2.29. The van der Waals surface area contributed by atoms with Crippen molar-refractivity contribution in [2.45, 2.75) is 6.92 Å². The van der Waals surface area contributed by atoms with E-state index in [9.17, 15) is 4.79 Å². The second-order valence-corrected chi connectivity index (χ2v) is 4.75. The molecule has 19 heavy (non-hydrogen) atoms. The first-order valence-corrected chi connectivity index (χ1v) is 6.37. The third-order valence-electron chi connectivity index (χ3n) is 2.72. The van der Waals surface area contributed by atoms with Gasteiger partial charge in [-0.1, -0.05) is 6.07 Å². The number of aryl methyl sites for hydroxylation is 1. The summed E-state index contributed by atoms with van der Waals surface area (Å²) < 4.78 is 5.40. The fraction of sp³-hybridized carbons (Fsp3) is 0.500. The molecule has 0 aliphatic carbocycles. The number of likely N-dealkylation sites (N-methyl/N-ethyl adjacent to an activating group) is 1. The van der Waals surface area contributed by atoms with E-state index in [1.807, 2.05) is 27.1 Å². The molecule has 0 spiro atoms. The number of hydrogen-bond donors (Lipinski definition) is 2. The monoisotopic (exact) mass is 265 g/mol. The van der Waals surface area contributed by atoms with E-state index < -0.39 is 0 Å². The van der Waals surface area contributed by atoms with Crippen LogP contribution < -0.4 is 11.1 Å². The highest BCUT2D eigenvalue weighted by Crippen LogP contribution is 2.12. The van der Waals surface area contributed by atoms with E-state index in [-0.39, 0.29) is 5.91 Å². The number of ether oxygens (including phenoxy) is 1.